The molecule has 0 spiro atoms. The Bertz CT molecular complexity index is 421. The highest BCUT2D eigenvalue weighted by Gasteiger charge is 2.28. The topological polar surface area (TPSA) is 41.1 Å². The van der Waals surface area contributed by atoms with Crippen LogP contribution in [0.15, 0.2) is 28.7 Å². The van der Waals surface area contributed by atoms with Crippen LogP contribution >= 0.6 is 39.9 Å². The number of rotatable bonds is 3. The van der Waals surface area contributed by atoms with Crippen LogP contribution in [0.1, 0.15) is 0 Å². The van der Waals surface area contributed by atoms with Crippen molar-refractivity contribution in [2.75, 3.05) is 11.9 Å². The third-order valence-electron chi connectivity index (χ3n) is 2.10. The van der Waals surface area contributed by atoms with E-state index in [9.17, 15) is 4.79 Å². The molecule has 1 aliphatic heterocycles. The summed E-state index contributed by atoms with van der Waals surface area (Å²) in [5.74, 6) is -0.0142. The zero-order valence-corrected chi connectivity index (χ0v) is 11.4. The van der Waals surface area contributed by atoms with Crippen LogP contribution in [-0.4, -0.2) is 22.0 Å². The summed E-state index contributed by atoms with van der Waals surface area (Å²) in [6.07, 6.45) is 0. The molecule has 1 fully saturated rings. The van der Waals surface area contributed by atoms with Gasteiger partial charge in [0.05, 0.1) is 0 Å². The molecule has 0 bridgehead atoms. The summed E-state index contributed by atoms with van der Waals surface area (Å²) in [6, 6.07) is 7.82. The molecule has 16 heavy (non-hydrogen) atoms. The van der Waals surface area contributed by atoms with E-state index < -0.39 is 0 Å². The minimum absolute atomic E-state index is 0.0142. The molecule has 1 aliphatic rings. The summed E-state index contributed by atoms with van der Waals surface area (Å²) in [5, 5.41) is 5.69. The second-order valence-corrected chi connectivity index (χ2v) is 6.07. The lowest BCUT2D eigenvalue weighted by Crippen LogP contribution is -2.28. The van der Waals surface area contributed by atoms with Crippen LogP contribution in [0.4, 0.5) is 5.69 Å². The van der Waals surface area contributed by atoms with Crippen LogP contribution in [0.5, 0.6) is 0 Å². The predicted molar refractivity (Wildman–Crippen MR) is 74.8 cm³/mol. The Morgan fingerprint density at radius 1 is 1.44 bits per heavy atom. The van der Waals surface area contributed by atoms with Gasteiger partial charge in [-0.05, 0) is 24.3 Å². The van der Waals surface area contributed by atoms with Crippen LogP contribution in [0.3, 0.4) is 0 Å². The van der Waals surface area contributed by atoms with Gasteiger partial charge in [-0.15, -0.1) is 0 Å². The second-order valence-electron chi connectivity index (χ2n) is 3.27. The van der Waals surface area contributed by atoms with Crippen molar-refractivity contribution in [3.63, 3.8) is 0 Å². The minimum Gasteiger partial charge on any atom is -0.383 e. The van der Waals surface area contributed by atoms with Gasteiger partial charge in [0.25, 0.3) is 0 Å². The average molecular weight is 317 g/mol. The molecule has 1 heterocycles. The summed E-state index contributed by atoms with van der Waals surface area (Å²) < 4.78 is 1.60. The number of hydrogen-bond donors (Lipinski definition) is 2. The number of thiocarbonyl (C=S) groups is 1. The number of hydrogen-bond acceptors (Lipinski definition) is 4. The van der Waals surface area contributed by atoms with Crippen molar-refractivity contribution in [2.24, 2.45) is 0 Å². The molecule has 1 aromatic carbocycles. The highest BCUT2D eigenvalue weighted by molar-refractivity contribution is 9.10. The smallest absolute Gasteiger partial charge is 0.240 e. The Morgan fingerprint density at radius 2 is 2.12 bits per heavy atom. The number of nitrogens with one attached hydrogen (secondary N) is 2. The molecule has 1 aromatic rings. The van der Waals surface area contributed by atoms with E-state index in [2.05, 4.69) is 26.6 Å². The third kappa shape index (κ3) is 2.96. The monoisotopic (exact) mass is 316 g/mol. The molecule has 1 atom stereocenters. The van der Waals surface area contributed by atoms with Crippen LogP contribution in [0.2, 0.25) is 0 Å². The first-order valence-corrected chi connectivity index (χ1v) is 6.74. The molecule has 1 amide bonds. The maximum atomic E-state index is 11.4. The molecule has 2 N–H and O–H groups in total. The van der Waals surface area contributed by atoms with E-state index in [-0.39, 0.29) is 11.2 Å². The van der Waals surface area contributed by atoms with Crippen molar-refractivity contribution in [3.05, 3.63) is 28.7 Å². The quantitative estimate of drug-likeness (QED) is 0.840. The van der Waals surface area contributed by atoms with Gasteiger partial charge in [-0.3, -0.25) is 4.79 Å². The first-order chi connectivity index (χ1) is 7.65. The summed E-state index contributed by atoms with van der Waals surface area (Å²) in [5.41, 5.74) is 0.995. The number of benzene rings is 1. The zero-order chi connectivity index (χ0) is 11.5. The van der Waals surface area contributed by atoms with Gasteiger partial charge in [-0.25, -0.2) is 0 Å². The summed E-state index contributed by atoms with van der Waals surface area (Å²) in [7, 11) is 0. The normalized spacial score (nSPS) is 19.7. The molecule has 0 aromatic heterocycles. The van der Waals surface area contributed by atoms with Crippen LogP contribution in [0.25, 0.3) is 0 Å². The van der Waals surface area contributed by atoms with E-state index in [0.29, 0.717) is 10.9 Å². The van der Waals surface area contributed by atoms with Crippen LogP contribution in [0, 0.1) is 0 Å². The van der Waals surface area contributed by atoms with Crippen molar-refractivity contribution < 1.29 is 4.79 Å². The highest BCUT2D eigenvalue weighted by atomic mass is 79.9. The van der Waals surface area contributed by atoms with E-state index in [4.69, 9.17) is 12.2 Å². The standard InChI is InChI=1S/C10H9BrN2OS2/c11-6-1-3-7(4-2-6)12-5-8-9(14)13-10(15)16-8/h1-4,8,12H,5H2,(H,13,14,15). The average Bonchev–Trinajstić information content (AvgIpc) is 2.57. The Labute approximate surface area is 111 Å². The fourth-order valence-corrected chi connectivity index (χ4v) is 2.77. The number of anilines is 1. The molecule has 2 rings (SSSR count). The van der Waals surface area contributed by atoms with Gasteiger partial charge in [0.1, 0.15) is 9.57 Å². The number of halogens is 1. The van der Waals surface area contributed by atoms with E-state index in [1.807, 2.05) is 24.3 Å². The lowest BCUT2D eigenvalue weighted by molar-refractivity contribution is -0.118. The third-order valence-corrected chi connectivity index (χ3v) is 4.00. The lowest BCUT2D eigenvalue weighted by Gasteiger charge is -2.08. The Kier molecular flexibility index (Phi) is 3.83. The van der Waals surface area contributed by atoms with Crippen LogP contribution in [-0.2, 0) is 4.79 Å². The van der Waals surface area contributed by atoms with E-state index in [0.717, 1.165) is 10.2 Å². The van der Waals surface area contributed by atoms with Gasteiger partial charge >= 0.3 is 0 Å². The predicted octanol–water partition coefficient (Wildman–Crippen LogP) is 2.38. The van der Waals surface area contributed by atoms with Crippen molar-refractivity contribution in [3.8, 4) is 0 Å². The molecule has 0 saturated carbocycles. The van der Waals surface area contributed by atoms with Crippen molar-refractivity contribution in [1.29, 1.82) is 0 Å². The second kappa shape index (κ2) is 5.16. The molecule has 3 nitrogen and oxygen atoms in total. The van der Waals surface area contributed by atoms with Crippen molar-refractivity contribution in [1.82, 2.24) is 5.32 Å². The van der Waals surface area contributed by atoms with Gasteiger partial charge in [0.15, 0.2) is 0 Å². The van der Waals surface area contributed by atoms with Crippen molar-refractivity contribution in [2.45, 2.75) is 5.25 Å². The molecule has 1 saturated heterocycles. The first-order valence-electron chi connectivity index (χ1n) is 4.66. The SMILES string of the molecule is O=C1NC(=S)SC1CNc1ccc(Br)cc1. The number of thioether (sulfide) groups is 1. The van der Waals surface area contributed by atoms with Gasteiger partial charge in [-0.2, -0.15) is 0 Å². The summed E-state index contributed by atoms with van der Waals surface area (Å²) in [6.45, 7) is 0.582. The summed E-state index contributed by atoms with van der Waals surface area (Å²) in [4.78, 5) is 11.4. The Morgan fingerprint density at radius 3 is 2.69 bits per heavy atom. The number of carbonyl (C=O) groups excluding carboxylic acids is 1. The largest absolute Gasteiger partial charge is 0.383 e. The number of carbonyl (C=O) groups is 1. The van der Waals surface area contributed by atoms with Gasteiger partial charge in [-0.1, -0.05) is 39.9 Å². The van der Waals surface area contributed by atoms with Gasteiger partial charge in [0.2, 0.25) is 5.91 Å². The molecule has 6 heteroatoms. The molecule has 0 aliphatic carbocycles. The molecular formula is C10H9BrN2OS2. The minimum atomic E-state index is -0.129. The maximum Gasteiger partial charge on any atom is 0.240 e. The molecule has 0 radical (unpaired) electrons. The fraction of sp³-hybridized carbons (Fsp3) is 0.200. The molecule has 1 unspecified atom stereocenters. The van der Waals surface area contributed by atoms with E-state index in [1.54, 1.807) is 0 Å². The van der Waals surface area contributed by atoms with Gasteiger partial charge in [0, 0.05) is 16.7 Å². The lowest BCUT2D eigenvalue weighted by atomic mass is 10.3. The van der Waals surface area contributed by atoms with E-state index in [1.165, 1.54) is 11.8 Å². The highest BCUT2D eigenvalue weighted by Crippen LogP contribution is 2.20. The zero-order valence-electron chi connectivity index (χ0n) is 8.20. The summed E-state index contributed by atoms with van der Waals surface area (Å²) >= 11 is 9.68. The Hall–Kier alpha value is -0.590. The van der Waals surface area contributed by atoms with Gasteiger partial charge < -0.3 is 10.6 Å². The molecular weight excluding hydrogens is 308 g/mol. The Balaban J connectivity index is 1.90. The molecule has 84 valence electrons. The maximum absolute atomic E-state index is 11.4. The van der Waals surface area contributed by atoms with Crippen molar-refractivity contribution >= 4 is 55.8 Å². The fourth-order valence-electron chi connectivity index (χ4n) is 1.31. The number of amides is 1. The van der Waals surface area contributed by atoms with E-state index >= 15 is 0 Å². The van der Waals surface area contributed by atoms with Crippen LogP contribution < -0.4 is 10.6 Å². The first kappa shape index (κ1) is 11.9.